The van der Waals surface area contributed by atoms with Crippen molar-refractivity contribution in [1.29, 1.82) is 0 Å². The minimum absolute atomic E-state index is 0.0310. The second-order valence-corrected chi connectivity index (χ2v) is 10.9. The summed E-state index contributed by atoms with van der Waals surface area (Å²) in [6.45, 7) is 3.15. The first-order chi connectivity index (χ1) is 18.3. The number of hydrogen-bond acceptors (Lipinski definition) is 10. The fourth-order valence-electron chi connectivity index (χ4n) is 4.83. The molecule has 2 amide bonds. The number of rotatable bonds is 11. The second-order valence-electron chi connectivity index (χ2n) is 9.60. The number of piperazine rings is 1. The van der Waals surface area contributed by atoms with Gasteiger partial charge < -0.3 is 15.3 Å². The Morgan fingerprint density at radius 1 is 1.26 bits per heavy atom. The molecule has 0 unspecified atom stereocenters. The number of aromatic nitrogens is 3. The number of hydrogen-bond donors (Lipinski definition) is 4. The summed E-state index contributed by atoms with van der Waals surface area (Å²) in [7, 11) is 2.03. The summed E-state index contributed by atoms with van der Waals surface area (Å²) in [5.74, 6) is -1.82. The van der Waals surface area contributed by atoms with Crippen molar-refractivity contribution in [3.05, 3.63) is 27.7 Å². The first-order valence-electron chi connectivity index (χ1n) is 12.6. The SMILES string of the molecule is CN1CCN(N(Cc2nccs2)c2nc(Cl)nc(NNC(=O)[C@@H](CNC(=O)O)CC3CCCC3)c2F)CC1. The summed E-state index contributed by atoms with van der Waals surface area (Å²) in [4.78, 5) is 38.7. The molecule has 15 heteroatoms. The van der Waals surface area contributed by atoms with Crippen LogP contribution in [0.25, 0.3) is 0 Å². The predicted octanol–water partition coefficient (Wildman–Crippen LogP) is 2.80. The van der Waals surface area contributed by atoms with Gasteiger partial charge in [0.15, 0.2) is 11.6 Å². The maximum absolute atomic E-state index is 15.8. The maximum Gasteiger partial charge on any atom is 0.404 e. The molecule has 4 rings (SSSR count). The minimum Gasteiger partial charge on any atom is -0.465 e. The van der Waals surface area contributed by atoms with E-state index in [0.717, 1.165) is 43.8 Å². The van der Waals surface area contributed by atoms with Crippen LogP contribution in [0, 0.1) is 17.7 Å². The van der Waals surface area contributed by atoms with Gasteiger partial charge in [0.1, 0.15) is 5.01 Å². The molecule has 1 aliphatic carbocycles. The van der Waals surface area contributed by atoms with E-state index in [1.807, 2.05) is 17.4 Å². The third-order valence-electron chi connectivity index (χ3n) is 6.91. The molecule has 2 fully saturated rings. The molecule has 2 aromatic heterocycles. The van der Waals surface area contributed by atoms with Gasteiger partial charge in [0.05, 0.1) is 12.5 Å². The number of carbonyl (C=O) groups is 2. The molecule has 1 saturated carbocycles. The van der Waals surface area contributed by atoms with Crippen LogP contribution in [0.2, 0.25) is 5.28 Å². The average molecular weight is 570 g/mol. The summed E-state index contributed by atoms with van der Waals surface area (Å²) >= 11 is 7.65. The summed E-state index contributed by atoms with van der Waals surface area (Å²) in [6.07, 6.45) is 5.23. The highest BCUT2D eigenvalue weighted by atomic mass is 35.5. The Bertz CT molecular complexity index is 1080. The van der Waals surface area contributed by atoms with Crippen molar-refractivity contribution in [2.24, 2.45) is 11.8 Å². The van der Waals surface area contributed by atoms with Crippen molar-refractivity contribution in [1.82, 2.24) is 35.6 Å². The Hall–Kier alpha value is -2.81. The van der Waals surface area contributed by atoms with Crippen LogP contribution < -0.4 is 21.2 Å². The molecule has 0 bridgehead atoms. The smallest absolute Gasteiger partial charge is 0.404 e. The molecule has 0 radical (unpaired) electrons. The van der Waals surface area contributed by atoms with E-state index in [2.05, 4.69) is 36.0 Å². The van der Waals surface area contributed by atoms with Gasteiger partial charge in [0.2, 0.25) is 17.0 Å². The second kappa shape index (κ2) is 13.3. The highest BCUT2D eigenvalue weighted by Gasteiger charge is 2.29. The van der Waals surface area contributed by atoms with E-state index in [4.69, 9.17) is 16.7 Å². The lowest BCUT2D eigenvalue weighted by Crippen LogP contribution is -2.53. The molecule has 3 heterocycles. The molecule has 0 aromatic carbocycles. The Labute approximate surface area is 229 Å². The van der Waals surface area contributed by atoms with Crippen LogP contribution in [0.4, 0.5) is 20.8 Å². The molecule has 1 saturated heterocycles. The molecule has 4 N–H and O–H groups in total. The number of hydrazine groups is 2. The van der Waals surface area contributed by atoms with Crippen molar-refractivity contribution < 1.29 is 19.1 Å². The van der Waals surface area contributed by atoms with Crippen LogP contribution in [0.5, 0.6) is 0 Å². The zero-order chi connectivity index (χ0) is 27.1. The highest BCUT2D eigenvalue weighted by Crippen LogP contribution is 2.31. The molecule has 38 heavy (non-hydrogen) atoms. The van der Waals surface area contributed by atoms with E-state index >= 15 is 4.39 Å². The molecule has 2 aromatic rings. The van der Waals surface area contributed by atoms with Gasteiger partial charge >= 0.3 is 6.09 Å². The molecule has 1 atom stereocenters. The van der Waals surface area contributed by atoms with Crippen LogP contribution >= 0.6 is 22.9 Å². The lowest BCUT2D eigenvalue weighted by molar-refractivity contribution is -0.124. The lowest BCUT2D eigenvalue weighted by atomic mass is 9.92. The first kappa shape index (κ1) is 28.2. The van der Waals surface area contributed by atoms with Gasteiger partial charge in [-0.25, -0.2) is 14.8 Å². The van der Waals surface area contributed by atoms with E-state index in [9.17, 15) is 9.59 Å². The standard InChI is InChI=1S/C23H33ClFN9O3S/c1-32-7-9-33(10-8-32)34(14-17-26-6-11-38-17)20-18(25)19(28-22(24)29-20)30-31-21(35)16(13-27-23(36)37)12-15-4-2-3-5-15/h6,11,15-16,27H,2-5,7-10,12-14H2,1H3,(H,31,35)(H,36,37)(H,28,29,30)/t16-/m1/s1. The summed E-state index contributed by atoms with van der Waals surface area (Å²) < 4.78 is 15.8. The van der Waals surface area contributed by atoms with E-state index in [1.54, 1.807) is 11.2 Å². The molecule has 1 aliphatic heterocycles. The van der Waals surface area contributed by atoms with Crippen molar-refractivity contribution in [2.75, 3.05) is 50.2 Å². The molecule has 12 nitrogen and oxygen atoms in total. The maximum atomic E-state index is 15.8. The zero-order valence-electron chi connectivity index (χ0n) is 21.2. The van der Waals surface area contributed by atoms with E-state index in [1.165, 1.54) is 11.3 Å². The minimum atomic E-state index is -1.20. The van der Waals surface area contributed by atoms with Gasteiger partial charge in [-0.2, -0.15) is 14.4 Å². The van der Waals surface area contributed by atoms with Crippen molar-refractivity contribution in [3.8, 4) is 0 Å². The number of nitrogens with zero attached hydrogens (tertiary/aromatic N) is 6. The summed E-state index contributed by atoms with van der Waals surface area (Å²) in [6, 6.07) is 0. The van der Waals surface area contributed by atoms with E-state index in [-0.39, 0.29) is 23.5 Å². The quantitative estimate of drug-likeness (QED) is 0.236. The van der Waals surface area contributed by atoms with Gasteiger partial charge in [-0.05, 0) is 31.0 Å². The van der Waals surface area contributed by atoms with Gasteiger partial charge in [-0.1, -0.05) is 25.7 Å². The van der Waals surface area contributed by atoms with Gasteiger partial charge in [-0.3, -0.25) is 20.7 Å². The average Bonchev–Trinajstić information content (AvgIpc) is 3.60. The molecular weight excluding hydrogens is 537 g/mol. The van der Waals surface area contributed by atoms with Crippen molar-refractivity contribution in [3.63, 3.8) is 0 Å². The Morgan fingerprint density at radius 2 is 2.00 bits per heavy atom. The zero-order valence-corrected chi connectivity index (χ0v) is 22.8. The normalized spacial score (nSPS) is 17.8. The number of anilines is 2. The summed E-state index contributed by atoms with van der Waals surface area (Å²) in [5.41, 5.74) is 5.06. The van der Waals surface area contributed by atoms with Crippen LogP contribution in [0.1, 0.15) is 37.1 Å². The van der Waals surface area contributed by atoms with Crippen molar-refractivity contribution >= 4 is 46.6 Å². The van der Waals surface area contributed by atoms with E-state index in [0.29, 0.717) is 32.0 Å². The topological polar surface area (TPSA) is 139 Å². The van der Waals surface area contributed by atoms with Crippen molar-refractivity contribution in [2.45, 2.75) is 38.6 Å². The third kappa shape index (κ3) is 7.62. The molecular formula is C23H33ClFN9O3S. The van der Waals surface area contributed by atoms with Crippen LogP contribution in [0.3, 0.4) is 0 Å². The fraction of sp³-hybridized carbons (Fsp3) is 0.609. The number of likely N-dealkylation sites (N-methyl/N-ethyl adjacent to an activating group) is 1. The van der Waals surface area contributed by atoms with Gasteiger partial charge in [-0.15, -0.1) is 11.3 Å². The lowest BCUT2D eigenvalue weighted by Gasteiger charge is -2.40. The number of carbonyl (C=O) groups excluding carboxylic acids is 1. The number of carboxylic acid groups (broad SMARTS) is 1. The van der Waals surface area contributed by atoms with Crippen LogP contribution in [-0.4, -0.2) is 81.7 Å². The molecule has 2 aliphatic rings. The van der Waals surface area contributed by atoms with Gasteiger partial charge in [0.25, 0.3) is 0 Å². The number of nitrogens with one attached hydrogen (secondary N) is 3. The van der Waals surface area contributed by atoms with Gasteiger partial charge in [0, 0.05) is 44.3 Å². The molecule has 0 spiro atoms. The summed E-state index contributed by atoms with van der Waals surface area (Å²) in [5, 5.41) is 17.5. The van der Waals surface area contributed by atoms with Crippen LogP contribution in [-0.2, 0) is 11.3 Å². The Morgan fingerprint density at radius 3 is 2.66 bits per heavy atom. The number of thiazole rings is 1. The number of halogens is 2. The fourth-order valence-corrected chi connectivity index (χ4v) is 5.59. The first-order valence-corrected chi connectivity index (χ1v) is 13.9. The molecule has 208 valence electrons. The monoisotopic (exact) mass is 569 g/mol. The Kier molecular flexibility index (Phi) is 9.88. The Balaban J connectivity index is 1.51. The van der Waals surface area contributed by atoms with Crippen LogP contribution in [0.15, 0.2) is 11.6 Å². The predicted molar refractivity (Wildman–Crippen MR) is 142 cm³/mol. The highest BCUT2D eigenvalue weighted by molar-refractivity contribution is 7.09. The third-order valence-corrected chi connectivity index (χ3v) is 7.84. The largest absolute Gasteiger partial charge is 0.465 e. The number of amides is 2. The van der Waals surface area contributed by atoms with E-state index < -0.39 is 23.7 Å².